The number of nitrogens with one attached hydrogen (secondary N) is 2. The largest absolute Gasteiger partial charge is 0.392 e. The zero-order chi connectivity index (χ0) is 20.1. The molecule has 4 aromatic rings. The second-order valence-corrected chi connectivity index (χ2v) is 8.24. The third-order valence-electron chi connectivity index (χ3n) is 5.36. The summed E-state index contributed by atoms with van der Waals surface area (Å²) in [5, 5.41) is 15.5. The third kappa shape index (κ3) is 3.45. The molecule has 1 aliphatic heterocycles. The van der Waals surface area contributed by atoms with Gasteiger partial charge in [0.05, 0.1) is 22.0 Å². The number of amides is 1. The van der Waals surface area contributed by atoms with Crippen LogP contribution in [0.4, 0.5) is 4.39 Å². The van der Waals surface area contributed by atoms with Crippen LogP contribution in [0.1, 0.15) is 28.4 Å². The van der Waals surface area contributed by atoms with Crippen LogP contribution in [0.3, 0.4) is 0 Å². The molecular formula is C21H20ClFN4O2S. The smallest absolute Gasteiger partial charge is 0.251 e. The van der Waals surface area contributed by atoms with Crippen LogP contribution in [0.5, 0.6) is 0 Å². The second-order valence-electron chi connectivity index (χ2n) is 7.23. The molecule has 3 N–H and O–H groups in total. The molecule has 0 saturated carbocycles. The number of carbonyl (C=O) groups excluding carboxylic acids is 1. The van der Waals surface area contributed by atoms with Gasteiger partial charge in [0, 0.05) is 37.0 Å². The maximum absolute atomic E-state index is 14.8. The van der Waals surface area contributed by atoms with E-state index >= 15 is 0 Å². The Morgan fingerprint density at radius 2 is 2.17 bits per heavy atom. The van der Waals surface area contributed by atoms with Gasteiger partial charge in [-0.15, -0.1) is 12.4 Å². The molecule has 3 heterocycles. The molecule has 5 rings (SSSR count). The van der Waals surface area contributed by atoms with Gasteiger partial charge < -0.3 is 15.7 Å². The Hall–Kier alpha value is -2.52. The molecule has 2 aromatic carbocycles. The first-order valence-electron chi connectivity index (χ1n) is 9.38. The van der Waals surface area contributed by atoms with Crippen LogP contribution >= 0.6 is 23.7 Å². The number of nitrogens with zero attached hydrogens (tertiary/aromatic N) is 2. The van der Waals surface area contributed by atoms with Gasteiger partial charge in [-0.05, 0) is 42.3 Å². The van der Waals surface area contributed by atoms with E-state index < -0.39 is 0 Å². The zero-order valence-electron chi connectivity index (χ0n) is 16.1. The normalized spacial score (nSPS) is 18.6. The summed E-state index contributed by atoms with van der Waals surface area (Å²) < 4.78 is 17.7. The minimum Gasteiger partial charge on any atom is -0.392 e. The second kappa shape index (κ2) is 7.96. The highest BCUT2D eigenvalue weighted by atomic mass is 35.5. The van der Waals surface area contributed by atoms with E-state index in [0.29, 0.717) is 29.8 Å². The summed E-state index contributed by atoms with van der Waals surface area (Å²) in [7, 11) is 1.60. The fraction of sp³-hybridized carbons (Fsp3) is 0.238. The van der Waals surface area contributed by atoms with Gasteiger partial charge in [0.15, 0.2) is 4.96 Å². The first kappa shape index (κ1) is 20.7. The van der Waals surface area contributed by atoms with Crippen molar-refractivity contribution in [2.45, 2.75) is 18.6 Å². The molecule has 6 nitrogen and oxygen atoms in total. The van der Waals surface area contributed by atoms with Gasteiger partial charge in [-0.1, -0.05) is 17.4 Å². The topological polar surface area (TPSA) is 78.7 Å². The van der Waals surface area contributed by atoms with Crippen molar-refractivity contribution in [3.8, 4) is 11.3 Å². The van der Waals surface area contributed by atoms with Gasteiger partial charge in [0.1, 0.15) is 5.82 Å². The molecule has 2 atom stereocenters. The van der Waals surface area contributed by atoms with Gasteiger partial charge in [0.2, 0.25) is 0 Å². The molecule has 0 radical (unpaired) electrons. The van der Waals surface area contributed by atoms with E-state index in [1.807, 2.05) is 28.8 Å². The Balaban J connectivity index is 0.00000218. The number of aliphatic hydroxyl groups is 1. The maximum Gasteiger partial charge on any atom is 0.251 e. The van der Waals surface area contributed by atoms with Crippen molar-refractivity contribution >= 4 is 44.8 Å². The van der Waals surface area contributed by atoms with E-state index in [-0.39, 0.29) is 36.3 Å². The minimum atomic E-state index is -0.389. The van der Waals surface area contributed by atoms with Crippen LogP contribution in [0, 0.1) is 5.82 Å². The number of imidazole rings is 1. The lowest BCUT2D eigenvalue weighted by atomic mass is 10.0. The van der Waals surface area contributed by atoms with E-state index in [1.54, 1.807) is 19.2 Å². The quantitative estimate of drug-likeness (QED) is 0.450. The molecule has 1 saturated heterocycles. The van der Waals surface area contributed by atoms with Crippen molar-refractivity contribution in [1.29, 1.82) is 0 Å². The highest BCUT2D eigenvalue weighted by Crippen LogP contribution is 2.32. The van der Waals surface area contributed by atoms with Crippen molar-refractivity contribution in [3.05, 3.63) is 59.5 Å². The van der Waals surface area contributed by atoms with E-state index in [9.17, 15) is 14.3 Å². The van der Waals surface area contributed by atoms with Gasteiger partial charge in [-0.3, -0.25) is 9.20 Å². The fourth-order valence-electron chi connectivity index (χ4n) is 3.84. The van der Waals surface area contributed by atoms with Gasteiger partial charge >= 0.3 is 0 Å². The molecular weight excluding hydrogens is 427 g/mol. The Morgan fingerprint density at radius 3 is 2.87 bits per heavy atom. The lowest BCUT2D eigenvalue weighted by Gasteiger charge is -2.11. The van der Waals surface area contributed by atoms with Crippen LogP contribution in [0.25, 0.3) is 26.4 Å². The molecule has 1 aliphatic rings. The fourth-order valence-corrected chi connectivity index (χ4v) is 4.89. The van der Waals surface area contributed by atoms with Crippen molar-refractivity contribution < 1.29 is 14.3 Å². The van der Waals surface area contributed by atoms with Crippen LogP contribution in [0.15, 0.2) is 42.6 Å². The maximum atomic E-state index is 14.8. The molecule has 2 aromatic heterocycles. The van der Waals surface area contributed by atoms with Crippen LogP contribution in [-0.4, -0.2) is 40.1 Å². The van der Waals surface area contributed by atoms with Crippen molar-refractivity contribution in [3.63, 3.8) is 0 Å². The van der Waals surface area contributed by atoms with Crippen LogP contribution in [0.2, 0.25) is 0 Å². The SMILES string of the molecule is CNC(=O)c1ccc2c(c1)sc1nc(-c3ccc([C@H]4C[C@H](O)CN4)cc3F)cn12.Cl. The number of fused-ring (bicyclic) bond motifs is 3. The van der Waals surface area contributed by atoms with Crippen LogP contribution in [-0.2, 0) is 0 Å². The molecule has 156 valence electrons. The molecule has 1 fully saturated rings. The average Bonchev–Trinajstić information content (AvgIpc) is 3.41. The number of aromatic nitrogens is 2. The van der Waals surface area contributed by atoms with Gasteiger partial charge in [-0.25, -0.2) is 9.37 Å². The average molecular weight is 447 g/mol. The molecule has 9 heteroatoms. The number of thiazole rings is 1. The van der Waals surface area contributed by atoms with Gasteiger partial charge in [0.25, 0.3) is 5.91 Å². The minimum absolute atomic E-state index is 0. The third-order valence-corrected chi connectivity index (χ3v) is 6.38. The number of halogens is 2. The summed E-state index contributed by atoms with van der Waals surface area (Å²) in [6.45, 7) is 0.528. The molecule has 0 unspecified atom stereocenters. The Kier molecular flexibility index (Phi) is 5.50. The number of β-amino-alcohol motifs (C(OH)–C–C–N with tert-alkyl or cyclic N) is 1. The van der Waals surface area contributed by atoms with E-state index in [0.717, 1.165) is 20.7 Å². The molecule has 1 amide bonds. The number of carbonyl (C=O) groups is 1. The summed E-state index contributed by atoms with van der Waals surface area (Å²) in [5.74, 6) is -0.465. The first-order valence-corrected chi connectivity index (χ1v) is 10.2. The van der Waals surface area contributed by atoms with Crippen molar-refractivity contribution in [1.82, 2.24) is 20.0 Å². The number of aliphatic hydroxyl groups excluding tert-OH is 1. The predicted molar refractivity (Wildman–Crippen MR) is 118 cm³/mol. The lowest BCUT2D eigenvalue weighted by Crippen LogP contribution is -2.17. The van der Waals surface area contributed by atoms with E-state index in [1.165, 1.54) is 17.4 Å². The molecule has 30 heavy (non-hydrogen) atoms. The summed E-state index contributed by atoms with van der Waals surface area (Å²) in [4.78, 5) is 17.2. The van der Waals surface area contributed by atoms with Crippen molar-refractivity contribution in [2.24, 2.45) is 0 Å². The van der Waals surface area contributed by atoms with Gasteiger partial charge in [-0.2, -0.15) is 0 Å². The summed E-state index contributed by atoms with van der Waals surface area (Å²) in [6, 6.07) is 10.6. The molecule has 0 bridgehead atoms. The number of rotatable bonds is 3. The van der Waals surface area contributed by atoms with Crippen molar-refractivity contribution in [2.75, 3.05) is 13.6 Å². The zero-order valence-corrected chi connectivity index (χ0v) is 17.7. The number of benzene rings is 2. The highest BCUT2D eigenvalue weighted by molar-refractivity contribution is 7.23. The standard InChI is InChI=1S/C21H19FN4O2S.ClH/c1-23-20(28)12-3-5-18-19(7-12)29-21-25-17(10-26(18)21)14-4-2-11(6-15(14)22)16-8-13(27)9-24-16;/h2-7,10,13,16,24,27H,8-9H2,1H3,(H,23,28);1H/t13-,16+;/m0./s1. The lowest BCUT2D eigenvalue weighted by molar-refractivity contribution is 0.0963. The predicted octanol–water partition coefficient (Wildman–Crippen LogP) is 3.53. The monoisotopic (exact) mass is 446 g/mol. The number of hydrogen-bond donors (Lipinski definition) is 3. The number of hydrogen-bond acceptors (Lipinski definition) is 5. The molecule has 0 aliphatic carbocycles. The Morgan fingerprint density at radius 1 is 1.33 bits per heavy atom. The summed E-state index contributed by atoms with van der Waals surface area (Å²) >= 11 is 1.46. The first-order chi connectivity index (χ1) is 14.0. The highest BCUT2D eigenvalue weighted by Gasteiger charge is 2.24. The molecule has 0 spiro atoms. The Bertz CT molecular complexity index is 1250. The van der Waals surface area contributed by atoms with E-state index in [2.05, 4.69) is 15.6 Å². The summed E-state index contributed by atoms with van der Waals surface area (Å²) in [6.07, 6.45) is 2.02. The van der Waals surface area contributed by atoms with E-state index in [4.69, 9.17) is 0 Å². The van der Waals surface area contributed by atoms with Crippen LogP contribution < -0.4 is 10.6 Å². The Labute approximate surface area is 182 Å². The summed E-state index contributed by atoms with van der Waals surface area (Å²) in [5.41, 5.74) is 3.36.